The maximum atomic E-state index is 12.9. The van der Waals surface area contributed by atoms with Crippen molar-refractivity contribution in [1.29, 1.82) is 0 Å². The second-order valence-corrected chi connectivity index (χ2v) is 7.61. The first-order valence-electron chi connectivity index (χ1n) is 9.29. The van der Waals surface area contributed by atoms with Gasteiger partial charge < -0.3 is 19.1 Å². The number of nitrogens with one attached hydrogen (secondary N) is 1. The average Bonchev–Trinajstić information content (AvgIpc) is 3.06. The van der Waals surface area contributed by atoms with Crippen molar-refractivity contribution in [3.05, 3.63) is 23.8 Å². The van der Waals surface area contributed by atoms with Crippen LogP contribution in [0.4, 0.5) is 4.79 Å². The van der Waals surface area contributed by atoms with Gasteiger partial charge in [-0.1, -0.05) is 12.0 Å². The van der Waals surface area contributed by atoms with Crippen LogP contribution in [-0.4, -0.2) is 47.9 Å². The predicted molar refractivity (Wildman–Crippen MR) is 105 cm³/mol. The minimum absolute atomic E-state index is 0.130. The third-order valence-electron chi connectivity index (χ3n) is 4.20. The van der Waals surface area contributed by atoms with Gasteiger partial charge in [-0.05, 0) is 58.7 Å². The zero-order chi connectivity index (χ0) is 20.9. The molecule has 152 valence electrons. The molecule has 0 saturated carbocycles. The number of terminal acetylenes is 1. The fourth-order valence-corrected chi connectivity index (χ4v) is 2.97. The molecule has 1 aliphatic heterocycles. The highest BCUT2D eigenvalue weighted by molar-refractivity contribution is 5.88. The lowest BCUT2D eigenvalue weighted by Gasteiger charge is -2.31. The zero-order valence-electron chi connectivity index (χ0n) is 17.1. The molecule has 0 aliphatic carbocycles. The minimum Gasteiger partial charge on any atom is -0.454 e. The Labute approximate surface area is 166 Å². The van der Waals surface area contributed by atoms with E-state index in [9.17, 15) is 9.59 Å². The molecule has 1 aromatic rings. The van der Waals surface area contributed by atoms with E-state index < -0.39 is 17.7 Å². The van der Waals surface area contributed by atoms with Crippen molar-refractivity contribution in [3.8, 4) is 23.8 Å². The van der Waals surface area contributed by atoms with E-state index in [1.165, 1.54) is 0 Å². The minimum atomic E-state index is -1.09. The molecule has 0 aromatic heterocycles. The Morgan fingerprint density at radius 1 is 1.32 bits per heavy atom. The number of fused-ring (bicyclic) bond motifs is 1. The first kappa shape index (κ1) is 21.4. The second kappa shape index (κ2) is 8.87. The van der Waals surface area contributed by atoms with Gasteiger partial charge in [0.25, 0.3) is 5.91 Å². The number of benzene rings is 1. The van der Waals surface area contributed by atoms with E-state index in [-0.39, 0.29) is 18.7 Å². The second-order valence-electron chi connectivity index (χ2n) is 7.61. The van der Waals surface area contributed by atoms with Gasteiger partial charge in [0.15, 0.2) is 17.5 Å². The largest absolute Gasteiger partial charge is 0.454 e. The summed E-state index contributed by atoms with van der Waals surface area (Å²) < 4.78 is 15.9. The Morgan fingerprint density at radius 3 is 2.61 bits per heavy atom. The van der Waals surface area contributed by atoms with Gasteiger partial charge >= 0.3 is 6.09 Å². The predicted octanol–water partition coefficient (Wildman–Crippen LogP) is 2.72. The van der Waals surface area contributed by atoms with Crippen LogP contribution in [0.3, 0.4) is 0 Å². The molecule has 0 spiro atoms. The maximum Gasteiger partial charge on any atom is 0.409 e. The molecule has 7 heteroatoms. The van der Waals surface area contributed by atoms with Crippen molar-refractivity contribution >= 4 is 12.0 Å². The van der Waals surface area contributed by atoms with E-state index in [2.05, 4.69) is 11.2 Å². The van der Waals surface area contributed by atoms with Gasteiger partial charge in [0.05, 0.1) is 0 Å². The van der Waals surface area contributed by atoms with Crippen molar-refractivity contribution in [2.75, 3.05) is 13.3 Å². The number of carbonyl (C=O) groups excluding carboxylic acids is 2. The fourth-order valence-electron chi connectivity index (χ4n) is 2.97. The van der Waals surface area contributed by atoms with Gasteiger partial charge in [-0.3, -0.25) is 10.1 Å². The standard InChI is InChI=1S/C21H28N2O5/c1-7-16(22-20(25)28-21(4,5)6)19(24)23(8-2)14(3)11-15-9-10-17-18(12-15)27-13-26-17/h1,9-10,12,14,16H,8,11,13H2,2-6H3,(H,22,25)/t14-,16?/m0/s1. The molecule has 2 atom stereocenters. The Morgan fingerprint density at radius 2 is 2.00 bits per heavy atom. The number of amides is 2. The van der Waals surface area contributed by atoms with E-state index in [0.717, 1.165) is 5.56 Å². The van der Waals surface area contributed by atoms with Crippen LogP contribution in [0.25, 0.3) is 0 Å². The van der Waals surface area contributed by atoms with Gasteiger partial charge in [0.2, 0.25) is 6.79 Å². The Balaban J connectivity index is 2.04. The maximum absolute atomic E-state index is 12.9. The number of rotatable bonds is 6. The summed E-state index contributed by atoms with van der Waals surface area (Å²) in [7, 11) is 0. The third kappa shape index (κ3) is 5.56. The van der Waals surface area contributed by atoms with Crippen LogP contribution in [-0.2, 0) is 16.0 Å². The average molecular weight is 388 g/mol. The van der Waals surface area contributed by atoms with Crippen LogP contribution in [0.1, 0.15) is 40.2 Å². The van der Waals surface area contributed by atoms with Crippen molar-refractivity contribution in [2.24, 2.45) is 0 Å². The summed E-state index contributed by atoms with van der Waals surface area (Å²) in [6, 6.07) is 4.49. The van der Waals surface area contributed by atoms with Crippen LogP contribution in [0.2, 0.25) is 0 Å². The summed E-state index contributed by atoms with van der Waals surface area (Å²) in [5.74, 6) is 3.42. The van der Waals surface area contributed by atoms with E-state index in [1.54, 1.807) is 25.7 Å². The summed E-state index contributed by atoms with van der Waals surface area (Å²) >= 11 is 0. The van der Waals surface area contributed by atoms with Gasteiger partial charge in [0, 0.05) is 12.6 Å². The molecule has 1 heterocycles. The molecule has 2 amide bonds. The topological polar surface area (TPSA) is 77.1 Å². The number of carbonyl (C=O) groups is 2. The number of hydrogen-bond acceptors (Lipinski definition) is 5. The van der Waals surface area contributed by atoms with Gasteiger partial charge in [-0.2, -0.15) is 0 Å². The molecule has 1 aromatic carbocycles. The number of likely N-dealkylation sites (N-methyl/N-ethyl adjacent to an activating group) is 1. The van der Waals surface area contributed by atoms with E-state index >= 15 is 0 Å². The van der Waals surface area contributed by atoms with Crippen LogP contribution in [0.5, 0.6) is 11.5 Å². The highest BCUT2D eigenvalue weighted by Crippen LogP contribution is 2.33. The van der Waals surface area contributed by atoms with Crippen molar-refractivity contribution < 1.29 is 23.8 Å². The molecular weight excluding hydrogens is 360 g/mol. The van der Waals surface area contributed by atoms with Crippen molar-refractivity contribution in [3.63, 3.8) is 0 Å². The van der Waals surface area contributed by atoms with Gasteiger partial charge in [0.1, 0.15) is 5.60 Å². The number of hydrogen-bond donors (Lipinski definition) is 1. The first-order chi connectivity index (χ1) is 13.1. The fraction of sp³-hybridized carbons (Fsp3) is 0.524. The molecule has 0 radical (unpaired) electrons. The quantitative estimate of drug-likeness (QED) is 0.759. The highest BCUT2D eigenvalue weighted by atomic mass is 16.7. The molecule has 1 aliphatic rings. The molecule has 7 nitrogen and oxygen atoms in total. The summed E-state index contributed by atoms with van der Waals surface area (Å²) in [6.07, 6.45) is 5.39. The monoisotopic (exact) mass is 388 g/mol. The summed E-state index contributed by atoms with van der Waals surface area (Å²) in [5, 5.41) is 2.47. The smallest absolute Gasteiger partial charge is 0.409 e. The molecule has 1 N–H and O–H groups in total. The molecule has 0 fully saturated rings. The molecule has 0 saturated heterocycles. The molecule has 2 rings (SSSR count). The Bertz CT molecular complexity index is 763. The van der Waals surface area contributed by atoms with Crippen LogP contribution >= 0.6 is 0 Å². The summed E-state index contributed by atoms with van der Waals surface area (Å²) in [6.45, 7) is 9.70. The van der Waals surface area contributed by atoms with Crippen molar-refractivity contribution in [1.82, 2.24) is 10.2 Å². The van der Waals surface area contributed by atoms with Gasteiger partial charge in [-0.25, -0.2) is 4.79 Å². The highest BCUT2D eigenvalue weighted by Gasteiger charge is 2.28. The summed E-state index contributed by atoms with van der Waals surface area (Å²) in [5.41, 5.74) is 0.337. The molecule has 0 bridgehead atoms. The van der Waals surface area contributed by atoms with E-state index in [0.29, 0.717) is 24.5 Å². The van der Waals surface area contributed by atoms with Crippen LogP contribution < -0.4 is 14.8 Å². The van der Waals surface area contributed by atoms with Gasteiger partial charge in [-0.15, -0.1) is 6.42 Å². The molecular formula is C21H28N2O5. The first-order valence-corrected chi connectivity index (χ1v) is 9.29. The SMILES string of the molecule is C#CC(NC(=O)OC(C)(C)C)C(=O)N(CC)[C@@H](C)Cc1ccc2c(c1)OCO2. The van der Waals surface area contributed by atoms with Crippen molar-refractivity contribution in [2.45, 2.75) is 58.7 Å². The number of alkyl carbamates (subject to hydrolysis) is 1. The lowest BCUT2D eigenvalue weighted by atomic mass is 10.0. The zero-order valence-corrected chi connectivity index (χ0v) is 17.1. The normalized spacial score (nSPS) is 14.6. The third-order valence-corrected chi connectivity index (χ3v) is 4.20. The Hall–Kier alpha value is -2.88. The number of ether oxygens (including phenoxy) is 3. The molecule has 1 unspecified atom stereocenters. The van der Waals surface area contributed by atoms with E-state index in [4.69, 9.17) is 20.6 Å². The van der Waals surface area contributed by atoms with Crippen LogP contribution in [0, 0.1) is 12.3 Å². The lowest BCUT2D eigenvalue weighted by molar-refractivity contribution is -0.133. The summed E-state index contributed by atoms with van der Waals surface area (Å²) in [4.78, 5) is 26.5. The van der Waals surface area contributed by atoms with E-state index in [1.807, 2.05) is 32.0 Å². The lowest BCUT2D eigenvalue weighted by Crippen LogP contribution is -2.51. The van der Waals surface area contributed by atoms with Crippen LogP contribution in [0.15, 0.2) is 18.2 Å². The number of nitrogens with zero attached hydrogens (tertiary/aromatic N) is 1. The molecule has 28 heavy (non-hydrogen) atoms. The Kier molecular flexibility index (Phi) is 6.79.